The molecule has 0 saturated heterocycles. The Morgan fingerprint density at radius 3 is 2.86 bits per heavy atom. The average molecular weight is 100 g/mol. The maximum absolute atomic E-state index is 4.68. The molecule has 0 aliphatic heterocycles. The minimum atomic E-state index is 1.15. The summed E-state index contributed by atoms with van der Waals surface area (Å²) in [5.74, 6) is 4.68. The van der Waals surface area contributed by atoms with E-state index in [1.807, 2.05) is 6.92 Å². The minimum absolute atomic E-state index is 1.15. The molecule has 3 heteroatoms. The Morgan fingerprint density at radius 2 is 2.43 bits per heavy atom. The van der Waals surface area contributed by atoms with Gasteiger partial charge in [-0.3, -0.25) is 0 Å². The molecule has 0 amide bonds. The second-order valence-electron chi connectivity index (χ2n) is 0.860. The zero-order chi connectivity index (χ0) is 5.54. The van der Waals surface area contributed by atoms with Crippen molar-refractivity contribution in [3.8, 4) is 0 Å². The van der Waals surface area contributed by atoms with Crippen molar-refractivity contribution in [1.29, 1.82) is 0 Å². The Hall–Kier alpha value is -0.990. The van der Waals surface area contributed by atoms with E-state index in [1.54, 1.807) is 6.08 Å². The molecule has 0 aromatic carbocycles. The first-order valence-electron chi connectivity index (χ1n) is 1.90. The molecule has 0 radical (unpaired) electrons. The summed E-state index contributed by atoms with van der Waals surface area (Å²) in [6, 6.07) is 0. The molecule has 0 aromatic rings. The summed E-state index contributed by atoms with van der Waals surface area (Å²) >= 11 is 0. The van der Waals surface area contributed by atoms with Gasteiger partial charge in [0.25, 0.3) is 0 Å². The smallest absolute Gasteiger partial charge is 0.197 e. The van der Waals surface area contributed by atoms with Crippen molar-refractivity contribution in [3.05, 3.63) is 12.3 Å². The van der Waals surface area contributed by atoms with Crippen LogP contribution in [0.5, 0.6) is 0 Å². The molecule has 0 fully saturated rings. The van der Waals surface area contributed by atoms with Gasteiger partial charge >= 0.3 is 0 Å². The van der Waals surface area contributed by atoms with Crippen LogP contribution in [0.3, 0.4) is 0 Å². The molecule has 0 bridgehead atoms. The summed E-state index contributed by atoms with van der Waals surface area (Å²) in [7, 11) is 0. The fourth-order valence-corrected chi connectivity index (χ4v) is 0.149. The van der Waals surface area contributed by atoms with Crippen LogP contribution in [0.2, 0.25) is 0 Å². The first-order valence-corrected chi connectivity index (χ1v) is 1.90. The highest BCUT2D eigenvalue weighted by Crippen LogP contribution is 1.67. The van der Waals surface area contributed by atoms with Gasteiger partial charge in [-0.25, -0.2) is 0 Å². The zero-order valence-electron chi connectivity index (χ0n) is 4.16. The third-order valence-electron chi connectivity index (χ3n) is 0.336. The quantitative estimate of drug-likeness (QED) is 0.180. The predicted octanol–water partition coefficient (Wildman–Crippen LogP) is 0.439. The van der Waals surface area contributed by atoms with Crippen molar-refractivity contribution >= 4 is 6.40 Å². The number of allylic oxidation sites excluding steroid dienone is 1. The Balaban J connectivity index is 2.98. The molecule has 0 rings (SSSR count). The summed E-state index contributed by atoms with van der Waals surface area (Å²) < 4.78 is 4.53. The molecular formula is C4H8N2O. The van der Waals surface area contributed by atoms with Gasteiger partial charge in [0.1, 0.15) is 0 Å². The maximum Gasteiger partial charge on any atom is 0.197 e. The summed E-state index contributed by atoms with van der Waals surface area (Å²) in [6.07, 6.45) is 4.37. The van der Waals surface area contributed by atoms with Crippen LogP contribution < -0.4 is 5.84 Å². The van der Waals surface area contributed by atoms with Gasteiger partial charge < -0.3 is 10.6 Å². The first-order chi connectivity index (χ1) is 3.41. The number of rotatable bonds is 2. The largest absolute Gasteiger partial charge is 0.452 e. The lowest BCUT2D eigenvalue weighted by Crippen LogP contribution is -1.82. The Morgan fingerprint density at radius 1 is 1.71 bits per heavy atom. The van der Waals surface area contributed by atoms with E-state index in [9.17, 15) is 0 Å². The number of ether oxygens (including phenoxy) is 1. The van der Waals surface area contributed by atoms with Crippen LogP contribution >= 0.6 is 0 Å². The highest BCUT2D eigenvalue weighted by molar-refractivity contribution is 5.46. The van der Waals surface area contributed by atoms with E-state index in [0.29, 0.717) is 0 Å². The van der Waals surface area contributed by atoms with Crippen molar-refractivity contribution in [2.45, 2.75) is 6.92 Å². The number of hydrogen-bond donors (Lipinski definition) is 1. The second kappa shape index (κ2) is 5.01. The van der Waals surface area contributed by atoms with E-state index in [4.69, 9.17) is 0 Å². The molecule has 0 saturated carbocycles. The third-order valence-corrected chi connectivity index (χ3v) is 0.336. The highest BCUT2D eigenvalue weighted by atomic mass is 16.5. The third kappa shape index (κ3) is 5.01. The average Bonchev–Trinajstić information content (AvgIpc) is 1.69. The van der Waals surface area contributed by atoms with Gasteiger partial charge in [0.2, 0.25) is 0 Å². The lowest BCUT2D eigenvalue weighted by Gasteiger charge is -1.80. The molecule has 40 valence electrons. The van der Waals surface area contributed by atoms with Gasteiger partial charge in [-0.1, -0.05) is 6.08 Å². The Kier molecular flexibility index (Phi) is 4.30. The lowest BCUT2D eigenvalue weighted by atomic mass is 10.7. The summed E-state index contributed by atoms with van der Waals surface area (Å²) in [5.41, 5.74) is 0. The predicted molar refractivity (Wildman–Crippen MR) is 28.6 cm³/mol. The molecule has 3 nitrogen and oxygen atoms in total. The van der Waals surface area contributed by atoms with E-state index in [2.05, 4.69) is 15.7 Å². The van der Waals surface area contributed by atoms with Crippen LogP contribution in [0.15, 0.2) is 17.4 Å². The molecule has 0 atom stereocenters. The second-order valence-corrected chi connectivity index (χ2v) is 0.860. The van der Waals surface area contributed by atoms with E-state index in [0.717, 1.165) is 6.40 Å². The molecule has 7 heavy (non-hydrogen) atoms. The molecule has 0 aliphatic rings. The van der Waals surface area contributed by atoms with E-state index in [1.165, 1.54) is 6.26 Å². The molecule has 0 unspecified atom stereocenters. The maximum atomic E-state index is 4.68. The Labute approximate surface area is 42.5 Å². The van der Waals surface area contributed by atoms with Crippen molar-refractivity contribution in [2.24, 2.45) is 10.9 Å². The summed E-state index contributed by atoms with van der Waals surface area (Å²) in [4.78, 5) is 0. The number of nitrogens with two attached hydrogens (primary N) is 1. The van der Waals surface area contributed by atoms with Gasteiger partial charge in [0.15, 0.2) is 6.40 Å². The van der Waals surface area contributed by atoms with Crippen LogP contribution in [-0.2, 0) is 4.74 Å². The van der Waals surface area contributed by atoms with Crippen molar-refractivity contribution in [1.82, 2.24) is 0 Å². The minimum Gasteiger partial charge on any atom is -0.452 e. The molecular weight excluding hydrogens is 92.1 g/mol. The van der Waals surface area contributed by atoms with E-state index in [-0.39, 0.29) is 0 Å². The summed E-state index contributed by atoms with van der Waals surface area (Å²) in [6.45, 7) is 1.84. The van der Waals surface area contributed by atoms with Gasteiger partial charge in [0.05, 0.1) is 6.26 Å². The molecule has 0 aromatic heterocycles. The lowest BCUT2D eigenvalue weighted by molar-refractivity contribution is 0.491. The topological polar surface area (TPSA) is 47.6 Å². The molecule has 2 N–H and O–H groups in total. The zero-order valence-corrected chi connectivity index (χ0v) is 4.16. The summed E-state index contributed by atoms with van der Waals surface area (Å²) in [5, 5.41) is 3.07. The Bertz CT molecular complexity index is 67.8. The van der Waals surface area contributed by atoms with E-state index < -0.39 is 0 Å². The highest BCUT2D eigenvalue weighted by Gasteiger charge is 1.58. The van der Waals surface area contributed by atoms with Crippen molar-refractivity contribution in [3.63, 3.8) is 0 Å². The number of hydrogen-bond acceptors (Lipinski definition) is 3. The normalized spacial score (nSPS) is 11.0. The van der Waals surface area contributed by atoms with Crippen LogP contribution in [0.4, 0.5) is 0 Å². The van der Waals surface area contributed by atoms with Crippen molar-refractivity contribution < 1.29 is 4.74 Å². The standard InChI is InChI=1S/C4H8N2O/c1-2-3-7-4-6-5/h2-4H,5H2,1H3/b3-2+,6-4-. The molecule has 0 aliphatic carbocycles. The van der Waals surface area contributed by atoms with Gasteiger partial charge in [0, 0.05) is 0 Å². The van der Waals surface area contributed by atoms with Crippen molar-refractivity contribution in [2.75, 3.05) is 0 Å². The first kappa shape index (κ1) is 6.01. The SMILES string of the molecule is C/C=C/O/C=N\N. The molecule has 0 heterocycles. The van der Waals surface area contributed by atoms with Crippen LogP contribution in [0, 0.1) is 0 Å². The van der Waals surface area contributed by atoms with Crippen LogP contribution in [-0.4, -0.2) is 6.40 Å². The van der Waals surface area contributed by atoms with E-state index >= 15 is 0 Å². The van der Waals surface area contributed by atoms with Gasteiger partial charge in [-0.05, 0) is 6.92 Å². The number of nitrogens with zero attached hydrogens (tertiary/aromatic N) is 1. The number of hydrazone groups is 1. The van der Waals surface area contributed by atoms with Gasteiger partial charge in [-0.2, -0.15) is 5.10 Å². The fraction of sp³-hybridized carbons (Fsp3) is 0.250. The van der Waals surface area contributed by atoms with Crippen LogP contribution in [0.1, 0.15) is 6.92 Å². The van der Waals surface area contributed by atoms with Gasteiger partial charge in [-0.15, -0.1) is 0 Å². The van der Waals surface area contributed by atoms with Crippen LogP contribution in [0.25, 0.3) is 0 Å². The fourth-order valence-electron chi connectivity index (χ4n) is 0.149. The monoisotopic (exact) mass is 100 g/mol. The molecule has 0 spiro atoms.